The molecule has 1 aromatic rings. The number of carbonyl (C=O) groups is 2. The number of aryl methyl sites for hydroxylation is 1. The first-order valence-electron chi connectivity index (χ1n) is 6.95. The van der Waals surface area contributed by atoms with Gasteiger partial charge in [-0.3, -0.25) is 0 Å². The Morgan fingerprint density at radius 3 is 2.71 bits per heavy atom. The highest BCUT2D eigenvalue weighted by Gasteiger charge is 2.27. The predicted molar refractivity (Wildman–Crippen MR) is 85.2 cm³/mol. The fourth-order valence-corrected chi connectivity index (χ4v) is 3.63. The SMILES string of the molecule is CSC1CCCC1NC(=O)Nc1ccc(C(=O)O)c(C)c1. The average molecular weight is 308 g/mol. The largest absolute Gasteiger partial charge is 0.478 e. The molecule has 1 fully saturated rings. The van der Waals surface area contributed by atoms with Crippen LogP contribution in [0.4, 0.5) is 10.5 Å². The molecule has 2 rings (SSSR count). The van der Waals surface area contributed by atoms with Gasteiger partial charge in [0.2, 0.25) is 0 Å². The van der Waals surface area contributed by atoms with E-state index in [9.17, 15) is 9.59 Å². The van der Waals surface area contributed by atoms with Crippen molar-refractivity contribution in [1.82, 2.24) is 5.32 Å². The molecule has 0 saturated heterocycles. The van der Waals surface area contributed by atoms with Crippen molar-refractivity contribution in [2.45, 2.75) is 37.5 Å². The summed E-state index contributed by atoms with van der Waals surface area (Å²) in [6.45, 7) is 1.72. The fraction of sp³-hybridized carbons (Fsp3) is 0.467. The van der Waals surface area contributed by atoms with Crippen LogP contribution in [-0.4, -0.2) is 34.7 Å². The lowest BCUT2D eigenvalue weighted by molar-refractivity contribution is 0.0696. The number of carboxylic acids is 1. The third kappa shape index (κ3) is 3.91. The van der Waals surface area contributed by atoms with Crippen LogP contribution in [0, 0.1) is 6.92 Å². The zero-order chi connectivity index (χ0) is 15.4. The topological polar surface area (TPSA) is 78.4 Å². The minimum absolute atomic E-state index is 0.208. The van der Waals surface area contributed by atoms with E-state index in [2.05, 4.69) is 16.9 Å². The molecule has 0 heterocycles. The molecule has 0 radical (unpaired) electrons. The van der Waals surface area contributed by atoms with E-state index in [4.69, 9.17) is 5.11 Å². The van der Waals surface area contributed by atoms with Crippen LogP contribution in [0.2, 0.25) is 0 Å². The Morgan fingerprint density at radius 1 is 1.33 bits per heavy atom. The molecule has 1 aliphatic carbocycles. The van der Waals surface area contributed by atoms with Gasteiger partial charge in [-0.1, -0.05) is 6.42 Å². The lowest BCUT2D eigenvalue weighted by Gasteiger charge is -2.19. The Hall–Kier alpha value is -1.69. The molecular weight excluding hydrogens is 288 g/mol. The van der Waals surface area contributed by atoms with Crippen LogP contribution in [0.5, 0.6) is 0 Å². The Kier molecular flexibility index (Phi) is 5.12. The first kappa shape index (κ1) is 15.7. The molecule has 1 aliphatic rings. The van der Waals surface area contributed by atoms with Gasteiger partial charge in [-0.2, -0.15) is 11.8 Å². The molecular formula is C15H20N2O3S. The second kappa shape index (κ2) is 6.85. The van der Waals surface area contributed by atoms with Crippen molar-refractivity contribution in [3.8, 4) is 0 Å². The predicted octanol–water partition coefficient (Wildman–Crippen LogP) is 3.10. The van der Waals surface area contributed by atoms with E-state index in [0.717, 1.165) is 19.3 Å². The van der Waals surface area contributed by atoms with E-state index in [1.165, 1.54) is 6.07 Å². The smallest absolute Gasteiger partial charge is 0.335 e. The van der Waals surface area contributed by atoms with Gasteiger partial charge >= 0.3 is 12.0 Å². The molecule has 2 atom stereocenters. The van der Waals surface area contributed by atoms with Gasteiger partial charge in [-0.05, 0) is 49.8 Å². The third-order valence-corrected chi connectivity index (χ3v) is 4.96. The summed E-state index contributed by atoms with van der Waals surface area (Å²) >= 11 is 1.79. The van der Waals surface area contributed by atoms with Gasteiger partial charge in [0.1, 0.15) is 0 Å². The number of aromatic carboxylic acids is 1. The monoisotopic (exact) mass is 308 g/mol. The fourth-order valence-electron chi connectivity index (χ4n) is 2.69. The van der Waals surface area contributed by atoms with Gasteiger partial charge < -0.3 is 15.7 Å². The lowest BCUT2D eigenvalue weighted by Crippen LogP contribution is -2.41. The average Bonchev–Trinajstić information content (AvgIpc) is 2.85. The van der Waals surface area contributed by atoms with Crippen LogP contribution < -0.4 is 10.6 Å². The maximum atomic E-state index is 12.0. The number of nitrogens with one attached hydrogen (secondary N) is 2. The van der Waals surface area contributed by atoms with Gasteiger partial charge in [-0.15, -0.1) is 0 Å². The second-order valence-corrected chi connectivity index (χ2v) is 6.32. The van der Waals surface area contributed by atoms with Crippen molar-refractivity contribution in [2.75, 3.05) is 11.6 Å². The summed E-state index contributed by atoms with van der Waals surface area (Å²) in [5, 5.41) is 15.2. The maximum Gasteiger partial charge on any atom is 0.335 e. The molecule has 0 spiro atoms. The number of hydrogen-bond acceptors (Lipinski definition) is 3. The summed E-state index contributed by atoms with van der Waals surface area (Å²) < 4.78 is 0. The first-order valence-corrected chi connectivity index (χ1v) is 8.24. The highest BCUT2D eigenvalue weighted by atomic mass is 32.2. The molecule has 5 nitrogen and oxygen atoms in total. The number of rotatable bonds is 4. The summed E-state index contributed by atoms with van der Waals surface area (Å²) in [6.07, 6.45) is 5.36. The normalized spacial score (nSPS) is 21.0. The maximum absolute atomic E-state index is 12.0. The molecule has 3 N–H and O–H groups in total. The van der Waals surface area contributed by atoms with Crippen molar-refractivity contribution in [3.05, 3.63) is 29.3 Å². The number of thioether (sulfide) groups is 1. The molecule has 114 valence electrons. The molecule has 0 aliphatic heterocycles. The number of urea groups is 1. The Balaban J connectivity index is 1.96. The van der Waals surface area contributed by atoms with Crippen LogP contribution in [0.25, 0.3) is 0 Å². The zero-order valence-electron chi connectivity index (χ0n) is 12.2. The van der Waals surface area contributed by atoms with Gasteiger partial charge in [0.05, 0.1) is 5.56 Å². The van der Waals surface area contributed by atoms with Crippen LogP contribution in [0.1, 0.15) is 35.2 Å². The van der Waals surface area contributed by atoms with E-state index >= 15 is 0 Å². The minimum atomic E-state index is -0.961. The van der Waals surface area contributed by atoms with Crippen LogP contribution in [0.3, 0.4) is 0 Å². The number of carboxylic acid groups (broad SMARTS) is 1. The Morgan fingerprint density at radius 2 is 2.10 bits per heavy atom. The van der Waals surface area contributed by atoms with Crippen LogP contribution in [-0.2, 0) is 0 Å². The van der Waals surface area contributed by atoms with Gasteiger partial charge in [0.25, 0.3) is 0 Å². The highest BCUT2D eigenvalue weighted by molar-refractivity contribution is 7.99. The Labute approximate surface area is 128 Å². The number of carbonyl (C=O) groups excluding carboxylic acids is 1. The second-order valence-electron chi connectivity index (χ2n) is 5.24. The van der Waals surface area contributed by atoms with Gasteiger partial charge in [-0.25, -0.2) is 9.59 Å². The van der Waals surface area contributed by atoms with E-state index in [-0.39, 0.29) is 17.6 Å². The van der Waals surface area contributed by atoms with Crippen LogP contribution >= 0.6 is 11.8 Å². The van der Waals surface area contributed by atoms with Gasteiger partial charge in [0, 0.05) is 17.0 Å². The van der Waals surface area contributed by atoms with Crippen molar-refractivity contribution >= 4 is 29.4 Å². The summed E-state index contributed by atoms with van der Waals surface area (Å²) in [5.41, 5.74) is 1.48. The number of benzene rings is 1. The number of hydrogen-bond donors (Lipinski definition) is 3. The number of anilines is 1. The summed E-state index contributed by atoms with van der Waals surface area (Å²) in [4.78, 5) is 23.0. The molecule has 2 amide bonds. The van der Waals surface area contributed by atoms with Crippen molar-refractivity contribution < 1.29 is 14.7 Å². The molecule has 2 unspecified atom stereocenters. The van der Waals surface area contributed by atoms with Gasteiger partial charge in [0.15, 0.2) is 0 Å². The highest BCUT2D eigenvalue weighted by Crippen LogP contribution is 2.28. The lowest BCUT2D eigenvalue weighted by atomic mass is 10.1. The van der Waals surface area contributed by atoms with Crippen molar-refractivity contribution in [1.29, 1.82) is 0 Å². The van der Waals surface area contributed by atoms with E-state index < -0.39 is 5.97 Å². The summed E-state index contributed by atoms with van der Waals surface area (Å²) in [5.74, 6) is -0.961. The molecule has 1 aromatic carbocycles. The van der Waals surface area contributed by atoms with Crippen molar-refractivity contribution in [3.63, 3.8) is 0 Å². The standard InChI is InChI=1S/C15H20N2O3S/c1-9-8-10(6-7-11(9)14(18)19)16-15(20)17-12-4-3-5-13(12)21-2/h6-8,12-13H,3-5H2,1-2H3,(H,18,19)(H2,16,17,20). The summed E-state index contributed by atoms with van der Waals surface area (Å²) in [7, 11) is 0. The zero-order valence-corrected chi connectivity index (χ0v) is 13.0. The molecule has 0 bridgehead atoms. The van der Waals surface area contributed by atoms with E-state index in [1.54, 1.807) is 30.8 Å². The summed E-state index contributed by atoms with van der Waals surface area (Å²) in [6, 6.07) is 4.76. The number of amides is 2. The quantitative estimate of drug-likeness (QED) is 0.798. The molecule has 21 heavy (non-hydrogen) atoms. The van der Waals surface area contributed by atoms with E-state index in [0.29, 0.717) is 16.5 Å². The third-order valence-electron chi connectivity index (χ3n) is 3.79. The van der Waals surface area contributed by atoms with Crippen LogP contribution in [0.15, 0.2) is 18.2 Å². The molecule has 0 aromatic heterocycles. The van der Waals surface area contributed by atoms with Crippen molar-refractivity contribution in [2.24, 2.45) is 0 Å². The van der Waals surface area contributed by atoms with E-state index in [1.807, 2.05) is 0 Å². The minimum Gasteiger partial charge on any atom is -0.478 e. The first-order chi connectivity index (χ1) is 10.0. The molecule has 1 saturated carbocycles. The Bertz CT molecular complexity index is 548. The molecule has 6 heteroatoms.